The summed E-state index contributed by atoms with van der Waals surface area (Å²) in [5.74, 6) is 2.18. The number of carbonyl (C=O) groups is 1. The Morgan fingerprint density at radius 3 is 2.56 bits per heavy atom. The fourth-order valence-electron chi connectivity index (χ4n) is 3.57. The molecule has 2 heterocycles. The highest BCUT2D eigenvalue weighted by atomic mass is 16.5. The molecule has 0 saturated heterocycles. The van der Waals surface area contributed by atoms with Gasteiger partial charge in [-0.05, 0) is 57.2 Å². The number of para-hydroxylation sites is 1. The first-order valence-electron chi connectivity index (χ1n) is 11.3. The Hall–Kier alpha value is -4.00. The third-order valence-corrected chi connectivity index (χ3v) is 5.22. The summed E-state index contributed by atoms with van der Waals surface area (Å²) in [6.45, 7) is 7.05. The van der Waals surface area contributed by atoms with Crippen molar-refractivity contribution in [2.24, 2.45) is 0 Å². The van der Waals surface area contributed by atoms with Crippen LogP contribution in [-0.4, -0.2) is 24.1 Å². The summed E-state index contributed by atoms with van der Waals surface area (Å²) in [6, 6.07) is 16.3. The van der Waals surface area contributed by atoms with Gasteiger partial charge < -0.3 is 23.9 Å². The number of nitrogens with one attached hydrogen (secondary N) is 1. The molecule has 7 nitrogen and oxygen atoms in total. The SMILES string of the molecule is CCOc1cc(C(=O)NC(C)c2cc3cccc(OCC)c3o2)ccc1OCc1cccnc1. The van der Waals surface area contributed by atoms with Crippen LogP contribution in [0.1, 0.15) is 48.5 Å². The zero-order valence-electron chi connectivity index (χ0n) is 19.5. The number of amides is 1. The van der Waals surface area contributed by atoms with E-state index < -0.39 is 0 Å². The summed E-state index contributed by atoms with van der Waals surface area (Å²) in [5, 5.41) is 3.92. The molecule has 0 aliphatic heterocycles. The lowest BCUT2D eigenvalue weighted by atomic mass is 10.1. The van der Waals surface area contributed by atoms with Crippen molar-refractivity contribution in [2.75, 3.05) is 13.2 Å². The van der Waals surface area contributed by atoms with E-state index in [9.17, 15) is 4.79 Å². The van der Waals surface area contributed by atoms with Crippen molar-refractivity contribution < 1.29 is 23.4 Å². The molecule has 0 bridgehead atoms. The first-order valence-corrected chi connectivity index (χ1v) is 11.3. The van der Waals surface area contributed by atoms with Gasteiger partial charge in [0.2, 0.25) is 0 Å². The molecule has 0 spiro atoms. The van der Waals surface area contributed by atoms with Crippen molar-refractivity contribution in [2.45, 2.75) is 33.4 Å². The molecule has 1 unspecified atom stereocenters. The van der Waals surface area contributed by atoms with Gasteiger partial charge in [-0.2, -0.15) is 0 Å². The van der Waals surface area contributed by atoms with Crippen molar-refractivity contribution in [1.29, 1.82) is 0 Å². The predicted molar refractivity (Wildman–Crippen MR) is 129 cm³/mol. The number of fused-ring (bicyclic) bond motifs is 1. The lowest BCUT2D eigenvalue weighted by Crippen LogP contribution is -2.26. The summed E-state index contributed by atoms with van der Waals surface area (Å²) >= 11 is 0. The lowest BCUT2D eigenvalue weighted by Gasteiger charge is -2.15. The zero-order chi connectivity index (χ0) is 23.9. The first kappa shape index (κ1) is 23.2. The molecule has 0 saturated carbocycles. The number of benzene rings is 2. The Balaban J connectivity index is 1.48. The van der Waals surface area contributed by atoms with Crippen LogP contribution in [0.2, 0.25) is 0 Å². The normalized spacial score (nSPS) is 11.7. The monoisotopic (exact) mass is 460 g/mol. The third-order valence-electron chi connectivity index (χ3n) is 5.22. The number of pyridine rings is 1. The van der Waals surface area contributed by atoms with Crippen LogP contribution < -0.4 is 19.5 Å². The maximum absolute atomic E-state index is 13.0. The van der Waals surface area contributed by atoms with E-state index in [1.54, 1.807) is 30.6 Å². The van der Waals surface area contributed by atoms with E-state index >= 15 is 0 Å². The topological polar surface area (TPSA) is 82.8 Å². The molecule has 4 aromatic rings. The molecule has 7 heteroatoms. The molecule has 34 heavy (non-hydrogen) atoms. The van der Waals surface area contributed by atoms with Crippen LogP contribution in [0.15, 0.2) is 71.4 Å². The minimum atomic E-state index is -0.341. The van der Waals surface area contributed by atoms with Crippen LogP contribution in [0.3, 0.4) is 0 Å². The van der Waals surface area contributed by atoms with E-state index in [1.807, 2.05) is 57.2 Å². The quantitative estimate of drug-likeness (QED) is 0.327. The summed E-state index contributed by atoms with van der Waals surface area (Å²) in [4.78, 5) is 17.1. The Labute approximate surface area is 198 Å². The minimum absolute atomic E-state index is 0.238. The number of nitrogens with zero attached hydrogens (tertiary/aromatic N) is 1. The summed E-state index contributed by atoms with van der Waals surface area (Å²) in [5.41, 5.74) is 2.09. The molecule has 2 aromatic heterocycles. The van der Waals surface area contributed by atoms with Crippen LogP contribution >= 0.6 is 0 Å². The van der Waals surface area contributed by atoms with Crippen LogP contribution in [0, 0.1) is 0 Å². The van der Waals surface area contributed by atoms with E-state index in [0.717, 1.165) is 10.9 Å². The highest BCUT2D eigenvalue weighted by Crippen LogP contribution is 2.32. The smallest absolute Gasteiger partial charge is 0.252 e. The number of ether oxygens (including phenoxy) is 3. The van der Waals surface area contributed by atoms with Gasteiger partial charge in [0.15, 0.2) is 22.8 Å². The molecule has 2 aromatic carbocycles. The van der Waals surface area contributed by atoms with Crippen molar-refractivity contribution in [1.82, 2.24) is 10.3 Å². The summed E-state index contributed by atoms with van der Waals surface area (Å²) in [7, 11) is 0. The molecule has 4 rings (SSSR count). The zero-order valence-corrected chi connectivity index (χ0v) is 19.5. The largest absolute Gasteiger partial charge is 0.490 e. The van der Waals surface area contributed by atoms with Gasteiger partial charge in [-0.25, -0.2) is 0 Å². The summed E-state index contributed by atoms with van der Waals surface area (Å²) in [6.07, 6.45) is 3.46. The predicted octanol–water partition coefficient (Wildman–Crippen LogP) is 5.70. The number of carbonyl (C=O) groups excluding carboxylic acids is 1. The maximum Gasteiger partial charge on any atom is 0.252 e. The van der Waals surface area contributed by atoms with Crippen LogP contribution in [-0.2, 0) is 6.61 Å². The van der Waals surface area contributed by atoms with Gasteiger partial charge >= 0.3 is 0 Å². The number of hydrogen-bond donors (Lipinski definition) is 1. The van der Waals surface area contributed by atoms with E-state index in [-0.39, 0.29) is 11.9 Å². The highest BCUT2D eigenvalue weighted by molar-refractivity contribution is 5.95. The van der Waals surface area contributed by atoms with Crippen LogP contribution in [0.5, 0.6) is 17.2 Å². The van der Waals surface area contributed by atoms with Gasteiger partial charge in [0, 0.05) is 28.9 Å². The highest BCUT2D eigenvalue weighted by Gasteiger charge is 2.18. The van der Waals surface area contributed by atoms with Crippen molar-refractivity contribution in [3.05, 3.63) is 83.9 Å². The van der Waals surface area contributed by atoms with Gasteiger partial charge in [-0.1, -0.05) is 18.2 Å². The Bertz CT molecular complexity index is 1250. The fourth-order valence-corrected chi connectivity index (χ4v) is 3.57. The standard InChI is InChI=1S/C27H28N2O5/c1-4-31-23-10-6-9-20-14-24(34-26(20)23)18(3)29-27(30)21-11-12-22(25(15-21)32-5-2)33-17-19-8-7-13-28-16-19/h6-16,18H,4-5,17H2,1-3H3,(H,29,30). The molecule has 1 N–H and O–H groups in total. The molecular formula is C27H28N2O5. The van der Waals surface area contributed by atoms with Crippen molar-refractivity contribution >= 4 is 16.9 Å². The van der Waals surface area contributed by atoms with Gasteiger partial charge in [-0.3, -0.25) is 9.78 Å². The molecule has 1 amide bonds. The molecular weight excluding hydrogens is 432 g/mol. The Morgan fingerprint density at radius 1 is 0.971 bits per heavy atom. The maximum atomic E-state index is 13.0. The number of furan rings is 1. The third kappa shape index (κ3) is 5.31. The average molecular weight is 461 g/mol. The van der Waals surface area contributed by atoms with Crippen molar-refractivity contribution in [3.8, 4) is 17.2 Å². The second-order valence-electron chi connectivity index (χ2n) is 7.70. The Kier molecular flexibility index (Phi) is 7.32. The fraction of sp³-hybridized carbons (Fsp3) is 0.259. The van der Waals surface area contributed by atoms with Crippen molar-refractivity contribution in [3.63, 3.8) is 0 Å². The molecule has 0 aliphatic rings. The second-order valence-corrected chi connectivity index (χ2v) is 7.70. The molecule has 0 fully saturated rings. The second kappa shape index (κ2) is 10.7. The molecule has 0 aliphatic carbocycles. The van der Waals surface area contributed by atoms with Gasteiger partial charge in [-0.15, -0.1) is 0 Å². The molecule has 0 radical (unpaired) electrons. The number of aromatic nitrogens is 1. The van der Waals surface area contributed by atoms with E-state index in [0.29, 0.717) is 54.0 Å². The van der Waals surface area contributed by atoms with E-state index in [2.05, 4.69) is 10.3 Å². The van der Waals surface area contributed by atoms with Crippen LogP contribution in [0.25, 0.3) is 11.0 Å². The molecule has 176 valence electrons. The number of rotatable bonds is 10. The summed E-state index contributed by atoms with van der Waals surface area (Å²) < 4.78 is 23.3. The van der Waals surface area contributed by atoms with E-state index in [4.69, 9.17) is 18.6 Å². The van der Waals surface area contributed by atoms with Gasteiger partial charge in [0.1, 0.15) is 12.4 Å². The van der Waals surface area contributed by atoms with Crippen LogP contribution in [0.4, 0.5) is 0 Å². The van der Waals surface area contributed by atoms with Gasteiger partial charge in [0.05, 0.1) is 19.3 Å². The Morgan fingerprint density at radius 2 is 1.79 bits per heavy atom. The van der Waals surface area contributed by atoms with Gasteiger partial charge in [0.25, 0.3) is 5.91 Å². The number of hydrogen-bond acceptors (Lipinski definition) is 6. The molecule has 1 atom stereocenters. The minimum Gasteiger partial charge on any atom is -0.490 e. The lowest BCUT2D eigenvalue weighted by molar-refractivity contribution is 0.0935. The first-order chi connectivity index (χ1) is 16.6. The average Bonchev–Trinajstić information content (AvgIpc) is 3.30. The van der Waals surface area contributed by atoms with E-state index in [1.165, 1.54) is 0 Å².